The molecular formula is C10H22N2O. The first-order chi connectivity index (χ1) is 6.24. The lowest BCUT2D eigenvalue weighted by Gasteiger charge is -2.20. The first-order valence-corrected chi connectivity index (χ1v) is 5.26. The Morgan fingerprint density at radius 2 is 2.31 bits per heavy atom. The molecule has 1 atom stereocenters. The van der Waals surface area contributed by atoms with Crippen molar-refractivity contribution in [1.82, 2.24) is 4.90 Å². The quantitative estimate of drug-likeness (QED) is 0.642. The molecule has 1 aliphatic heterocycles. The lowest BCUT2D eigenvalue weighted by molar-refractivity contribution is 0.105. The van der Waals surface area contributed by atoms with E-state index in [1.807, 2.05) is 0 Å². The van der Waals surface area contributed by atoms with Crippen LogP contribution in [0.15, 0.2) is 0 Å². The summed E-state index contributed by atoms with van der Waals surface area (Å²) >= 11 is 0. The van der Waals surface area contributed by atoms with E-state index in [0.29, 0.717) is 19.2 Å². The van der Waals surface area contributed by atoms with E-state index in [0.717, 1.165) is 12.5 Å². The van der Waals surface area contributed by atoms with Crippen molar-refractivity contribution in [1.29, 1.82) is 0 Å². The van der Waals surface area contributed by atoms with Crippen LogP contribution >= 0.6 is 0 Å². The van der Waals surface area contributed by atoms with Crippen molar-refractivity contribution in [3.05, 3.63) is 0 Å². The molecule has 0 aromatic rings. The molecule has 0 amide bonds. The molecule has 0 radical (unpaired) electrons. The number of nitrogens with two attached hydrogens (primary N) is 1. The van der Waals surface area contributed by atoms with E-state index in [9.17, 15) is 0 Å². The second kappa shape index (κ2) is 5.58. The molecular weight excluding hydrogens is 164 g/mol. The molecule has 1 fully saturated rings. The van der Waals surface area contributed by atoms with Gasteiger partial charge in [-0.1, -0.05) is 0 Å². The van der Waals surface area contributed by atoms with Crippen LogP contribution < -0.4 is 5.73 Å². The summed E-state index contributed by atoms with van der Waals surface area (Å²) in [7, 11) is 0. The molecule has 1 aliphatic rings. The van der Waals surface area contributed by atoms with Crippen molar-refractivity contribution in [2.45, 2.75) is 26.3 Å². The van der Waals surface area contributed by atoms with Crippen LogP contribution in [0.3, 0.4) is 0 Å². The Morgan fingerprint density at radius 1 is 1.54 bits per heavy atom. The lowest BCUT2D eigenvalue weighted by Crippen LogP contribution is -2.29. The first-order valence-electron chi connectivity index (χ1n) is 5.26. The second-order valence-corrected chi connectivity index (χ2v) is 4.11. The zero-order valence-electron chi connectivity index (χ0n) is 8.83. The maximum atomic E-state index is 5.44. The Balaban J connectivity index is 2.10. The van der Waals surface area contributed by atoms with Crippen LogP contribution in [0.4, 0.5) is 0 Å². The molecule has 3 heteroatoms. The third kappa shape index (κ3) is 3.63. The summed E-state index contributed by atoms with van der Waals surface area (Å²) < 4.78 is 5.44. The van der Waals surface area contributed by atoms with Gasteiger partial charge in [0.2, 0.25) is 0 Å². The molecule has 0 bridgehead atoms. The Kier molecular flexibility index (Phi) is 4.70. The van der Waals surface area contributed by atoms with E-state index < -0.39 is 0 Å². The van der Waals surface area contributed by atoms with E-state index in [2.05, 4.69) is 18.7 Å². The summed E-state index contributed by atoms with van der Waals surface area (Å²) in [5, 5.41) is 0. The summed E-state index contributed by atoms with van der Waals surface area (Å²) in [5.74, 6) is 0.731. The molecule has 1 heterocycles. The van der Waals surface area contributed by atoms with Crippen LogP contribution in [0.1, 0.15) is 20.3 Å². The van der Waals surface area contributed by atoms with Gasteiger partial charge in [0, 0.05) is 19.1 Å². The number of ether oxygens (including phenoxy) is 1. The van der Waals surface area contributed by atoms with Gasteiger partial charge < -0.3 is 15.4 Å². The van der Waals surface area contributed by atoms with Gasteiger partial charge in [-0.3, -0.25) is 0 Å². The van der Waals surface area contributed by atoms with Crippen LogP contribution in [0.2, 0.25) is 0 Å². The second-order valence-electron chi connectivity index (χ2n) is 4.11. The average molecular weight is 186 g/mol. The van der Waals surface area contributed by atoms with Gasteiger partial charge in [0.15, 0.2) is 0 Å². The van der Waals surface area contributed by atoms with Gasteiger partial charge in [-0.15, -0.1) is 0 Å². The average Bonchev–Trinajstić information content (AvgIpc) is 2.53. The smallest absolute Gasteiger partial charge is 0.0588 e. The largest absolute Gasteiger partial charge is 0.380 e. The lowest BCUT2D eigenvalue weighted by atomic mass is 10.1. The summed E-state index contributed by atoms with van der Waals surface area (Å²) in [4.78, 5) is 2.51. The fourth-order valence-electron chi connectivity index (χ4n) is 1.80. The highest BCUT2D eigenvalue weighted by atomic mass is 16.5. The highest BCUT2D eigenvalue weighted by Crippen LogP contribution is 2.18. The highest BCUT2D eigenvalue weighted by Gasteiger charge is 2.23. The normalized spacial score (nSPS) is 24.5. The Morgan fingerprint density at radius 3 is 2.85 bits per heavy atom. The van der Waals surface area contributed by atoms with Gasteiger partial charge in [0.25, 0.3) is 0 Å². The minimum Gasteiger partial charge on any atom is -0.380 e. The maximum absolute atomic E-state index is 5.44. The highest BCUT2D eigenvalue weighted by molar-refractivity contribution is 4.77. The maximum Gasteiger partial charge on any atom is 0.0588 e. The van der Waals surface area contributed by atoms with E-state index in [1.165, 1.54) is 19.5 Å². The van der Waals surface area contributed by atoms with Crippen LogP contribution in [-0.4, -0.2) is 43.8 Å². The zero-order valence-corrected chi connectivity index (χ0v) is 8.83. The Hall–Kier alpha value is -0.120. The van der Waals surface area contributed by atoms with Crippen molar-refractivity contribution in [3.63, 3.8) is 0 Å². The van der Waals surface area contributed by atoms with Gasteiger partial charge in [-0.2, -0.15) is 0 Å². The molecule has 1 unspecified atom stereocenters. The van der Waals surface area contributed by atoms with Crippen LogP contribution in [0, 0.1) is 5.92 Å². The van der Waals surface area contributed by atoms with Crippen LogP contribution in [0.25, 0.3) is 0 Å². The monoisotopic (exact) mass is 186 g/mol. The van der Waals surface area contributed by atoms with Crippen molar-refractivity contribution in [2.75, 3.05) is 32.8 Å². The topological polar surface area (TPSA) is 38.5 Å². The molecule has 2 N–H and O–H groups in total. The molecule has 0 aliphatic carbocycles. The molecule has 1 saturated heterocycles. The fraction of sp³-hybridized carbons (Fsp3) is 1.00. The van der Waals surface area contributed by atoms with Crippen molar-refractivity contribution in [3.8, 4) is 0 Å². The van der Waals surface area contributed by atoms with Gasteiger partial charge in [-0.05, 0) is 32.7 Å². The number of hydrogen-bond donors (Lipinski definition) is 1. The standard InChI is InChI=1S/C10H22N2O/c1-9(2)12-5-3-10(7-12)8-13-6-4-11/h9-10H,3-8,11H2,1-2H3. The number of nitrogens with zero attached hydrogens (tertiary/aromatic N) is 1. The molecule has 3 nitrogen and oxygen atoms in total. The van der Waals surface area contributed by atoms with Crippen molar-refractivity contribution < 1.29 is 4.74 Å². The van der Waals surface area contributed by atoms with E-state index in [-0.39, 0.29) is 0 Å². The molecule has 78 valence electrons. The van der Waals surface area contributed by atoms with Crippen molar-refractivity contribution in [2.24, 2.45) is 11.7 Å². The molecule has 0 aromatic heterocycles. The predicted molar refractivity (Wildman–Crippen MR) is 54.7 cm³/mol. The number of rotatable bonds is 5. The van der Waals surface area contributed by atoms with Gasteiger partial charge in [0.1, 0.15) is 0 Å². The summed E-state index contributed by atoms with van der Waals surface area (Å²) in [6.07, 6.45) is 1.28. The van der Waals surface area contributed by atoms with E-state index in [4.69, 9.17) is 10.5 Å². The van der Waals surface area contributed by atoms with Crippen molar-refractivity contribution >= 4 is 0 Å². The SMILES string of the molecule is CC(C)N1CCC(COCCN)C1. The number of likely N-dealkylation sites (tertiary alicyclic amines) is 1. The molecule has 13 heavy (non-hydrogen) atoms. The third-order valence-corrected chi connectivity index (χ3v) is 2.66. The Labute approximate surface area is 81.2 Å². The fourth-order valence-corrected chi connectivity index (χ4v) is 1.80. The van der Waals surface area contributed by atoms with Gasteiger partial charge in [0.05, 0.1) is 13.2 Å². The zero-order chi connectivity index (χ0) is 9.68. The minimum absolute atomic E-state index is 0.639. The van der Waals surface area contributed by atoms with E-state index >= 15 is 0 Å². The number of hydrogen-bond acceptors (Lipinski definition) is 3. The predicted octanol–water partition coefficient (Wildman–Crippen LogP) is 0.692. The first kappa shape index (κ1) is 11.0. The molecule has 1 rings (SSSR count). The summed E-state index contributed by atoms with van der Waals surface area (Å²) in [6.45, 7) is 9.17. The van der Waals surface area contributed by atoms with Crippen LogP contribution in [-0.2, 0) is 4.74 Å². The summed E-state index contributed by atoms with van der Waals surface area (Å²) in [5.41, 5.74) is 5.35. The summed E-state index contributed by atoms with van der Waals surface area (Å²) in [6, 6.07) is 0.680. The van der Waals surface area contributed by atoms with Gasteiger partial charge >= 0.3 is 0 Å². The molecule has 0 saturated carbocycles. The third-order valence-electron chi connectivity index (χ3n) is 2.66. The minimum atomic E-state index is 0.639. The molecule has 0 aromatic carbocycles. The van der Waals surface area contributed by atoms with Crippen LogP contribution in [0.5, 0.6) is 0 Å². The Bertz CT molecular complexity index is 139. The molecule has 0 spiro atoms. The van der Waals surface area contributed by atoms with E-state index in [1.54, 1.807) is 0 Å². The van der Waals surface area contributed by atoms with Gasteiger partial charge in [-0.25, -0.2) is 0 Å².